The Kier molecular flexibility index (Phi) is 15.9. The summed E-state index contributed by atoms with van der Waals surface area (Å²) in [4.78, 5) is 98.1. The van der Waals surface area contributed by atoms with Crippen LogP contribution in [0.4, 0.5) is 5.69 Å². The number of nitrogens with one attached hydrogen (secondary N) is 4. The van der Waals surface area contributed by atoms with E-state index in [2.05, 4.69) is 21.3 Å². The van der Waals surface area contributed by atoms with Crippen molar-refractivity contribution in [2.24, 2.45) is 11.8 Å². The van der Waals surface area contributed by atoms with E-state index >= 15 is 0 Å². The van der Waals surface area contributed by atoms with Gasteiger partial charge in [0.25, 0.3) is 0 Å². The summed E-state index contributed by atoms with van der Waals surface area (Å²) < 4.78 is 0. The Bertz CT molecular complexity index is 2480. The number of anilines is 1. The summed E-state index contributed by atoms with van der Waals surface area (Å²) in [6.07, 6.45) is 0.519. The van der Waals surface area contributed by atoms with Gasteiger partial charge in [0.2, 0.25) is 29.5 Å². The second-order valence-corrected chi connectivity index (χ2v) is 17.1. The first-order chi connectivity index (χ1) is 32.0. The molecule has 340 valence electrons. The zero-order valence-electron chi connectivity index (χ0n) is 36.7. The summed E-state index contributed by atoms with van der Waals surface area (Å²) in [7, 11) is 0. The summed E-state index contributed by atoms with van der Waals surface area (Å²) in [5.74, 6) is -5.60. The third-order valence-corrected chi connectivity index (χ3v) is 12.3. The number of carboxylic acids is 1. The van der Waals surface area contributed by atoms with Gasteiger partial charge >= 0.3 is 5.97 Å². The Hall–Kier alpha value is -7.41. The van der Waals surface area contributed by atoms with Crippen molar-refractivity contribution >= 4 is 47.0 Å². The van der Waals surface area contributed by atoms with Gasteiger partial charge in [0.15, 0.2) is 5.78 Å². The molecule has 5 N–H and O–H groups in total. The van der Waals surface area contributed by atoms with Gasteiger partial charge in [-0.1, -0.05) is 127 Å². The van der Waals surface area contributed by atoms with Crippen molar-refractivity contribution in [3.8, 4) is 11.1 Å². The SMILES string of the molecule is O=C1CCC(=O)N[C@H](CCc2ccccc2)C(=O)N[C@@H](Cc2ccc(-c3ccccc3)cc2)C(=O)N[C@H](Cc2ccccc2)C(=O)C[C@H](C(=O)N2CCC(C(=O)O)C2)Cc2ccc(cc2)N1. The van der Waals surface area contributed by atoms with Crippen molar-refractivity contribution in [1.82, 2.24) is 20.9 Å². The van der Waals surface area contributed by atoms with E-state index in [1.807, 2.05) is 115 Å². The Balaban J connectivity index is 1.23. The number of amides is 5. The van der Waals surface area contributed by atoms with Gasteiger partial charge in [-0.2, -0.15) is 0 Å². The zero-order chi connectivity index (χ0) is 46.4. The number of nitrogens with zero attached hydrogens (tertiary/aromatic N) is 1. The standard InChI is InChI=1S/C53H55N5O8/c59-47-33-42(52(64)58-29-28-41(34-58)53(65)66)30-37-18-23-43(24-19-37)54-48(60)26-27-49(61)55-44(25-20-35-10-4-1-5-11-35)50(62)57-46(51(63)56-45(47)31-36-12-6-2-7-13-36)32-38-16-21-40(22-17-38)39-14-8-3-9-15-39/h1-19,21-24,41-42,44-46H,20,25-34H2,(H,54,60)(H,55,61)(H,56,63)(H,57,62)(H,65,66)/t41?,42-,44-,45-,46+/m1/s1. The molecule has 3 aliphatic rings. The number of likely N-dealkylation sites (tertiary alicyclic amines) is 1. The lowest BCUT2D eigenvalue weighted by Crippen LogP contribution is -2.57. The predicted molar refractivity (Wildman–Crippen MR) is 250 cm³/mol. The van der Waals surface area contributed by atoms with Gasteiger partial charge in [0.1, 0.15) is 12.1 Å². The van der Waals surface area contributed by atoms with Crippen LogP contribution >= 0.6 is 0 Å². The zero-order valence-corrected chi connectivity index (χ0v) is 36.7. The second-order valence-electron chi connectivity index (χ2n) is 17.1. The average Bonchev–Trinajstić information content (AvgIpc) is 3.84. The van der Waals surface area contributed by atoms with Gasteiger partial charge in [0.05, 0.1) is 12.0 Å². The molecular formula is C53H55N5O8. The lowest BCUT2D eigenvalue weighted by atomic mass is 9.89. The van der Waals surface area contributed by atoms with E-state index in [4.69, 9.17) is 0 Å². The number of benzene rings is 5. The maximum Gasteiger partial charge on any atom is 0.308 e. The van der Waals surface area contributed by atoms with Crippen LogP contribution in [0.25, 0.3) is 11.1 Å². The van der Waals surface area contributed by atoms with Gasteiger partial charge in [-0.15, -0.1) is 0 Å². The number of carboxylic acid groups (broad SMARTS) is 1. The topological polar surface area (TPSA) is 191 Å². The number of carbonyl (C=O) groups is 7. The van der Waals surface area contributed by atoms with Gasteiger partial charge in [0, 0.05) is 50.4 Å². The number of hydrogen-bond acceptors (Lipinski definition) is 7. The molecule has 2 bridgehead atoms. The molecule has 5 aromatic rings. The minimum atomic E-state index is -1.21. The summed E-state index contributed by atoms with van der Waals surface area (Å²) in [6.45, 7) is 0.248. The van der Waals surface area contributed by atoms with Gasteiger partial charge in [-0.3, -0.25) is 33.6 Å². The molecule has 5 amide bonds. The lowest BCUT2D eigenvalue weighted by molar-refractivity contribution is -0.142. The van der Waals surface area contributed by atoms with Crippen LogP contribution < -0.4 is 21.3 Å². The highest BCUT2D eigenvalue weighted by atomic mass is 16.4. The number of fused-ring (bicyclic) bond motifs is 18. The van der Waals surface area contributed by atoms with Crippen LogP contribution in [-0.4, -0.2) is 82.5 Å². The summed E-state index contributed by atoms with van der Waals surface area (Å²) in [5, 5.41) is 21.2. The minimum absolute atomic E-state index is 0.0193. The first-order valence-electron chi connectivity index (χ1n) is 22.5. The van der Waals surface area contributed by atoms with E-state index in [-0.39, 0.29) is 63.9 Å². The van der Waals surface area contributed by atoms with Crippen LogP contribution in [0.1, 0.15) is 54.4 Å². The summed E-state index contributed by atoms with van der Waals surface area (Å²) in [6, 6.07) is 39.5. The van der Waals surface area contributed by atoms with Crippen LogP contribution in [0.2, 0.25) is 0 Å². The highest BCUT2D eigenvalue weighted by Crippen LogP contribution is 2.25. The normalized spacial score (nSPS) is 21.2. The van der Waals surface area contributed by atoms with Crippen LogP contribution in [0.3, 0.4) is 0 Å². The van der Waals surface area contributed by atoms with E-state index < -0.39 is 65.3 Å². The monoisotopic (exact) mass is 889 g/mol. The first kappa shape index (κ1) is 46.6. The van der Waals surface area contributed by atoms with Crippen LogP contribution in [-0.2, 0) is 59.2 Å². The molecule has 0 saturated carbocycles. The average molecular weight is 890 g/mol. The molecule has 13 heteroatoms. The molecule has 0 spiro atoms. The van der Waals surface area contributed by atoms with Crippen molar-refractivity contribution in [3.05, 3.63) is 162 Å². The molecule has 1 saturated heterocycles. The first-order valence-corrected chi connectivity index (χ1v) is 22.5. The highest BCUT2D eigenvalue weighted by molar-refractivity contribution is 5.97. The largest absolute Gasteiger partial charge is 0.481 e. The molecule has 0 aliphatic carbocycles. The molecular weight excluding hydrogens is 835 g/mol. The maximum absolute atomic E-state index is 14.8. The molecule has 5 atom stereocenters. The molecule has 1 fully saturated rings. The lowest BCUT2D eigenvalue weighted by Gasteiger charge is -2.27. The molecule has 66 heavy (non-hydrogen) atoms. The van der Waals surface area contributed by atoms with Crippen molar-refractivity contribution < 1.29 is 38.7 Å². The van der Waals surface area contributed by atoms with E-state index in [0.29, 0.717) is 24.1 Å². The Morgan fingerprint density at radius 1 is 0.561 bits per heavy atom. The van der Waals surface area contributed by atoms with Crippen molar-refractivity contribution in [2.45, 2.75) is 75.9 Å². The van der Waals surface area contributed by atoms with Crippen molar-refractivity contribution in [3.63, 3.8) is 0 Å². The molecule has 0 radical (unpaired) electrons. The second kappa shape index (κ2) is 22.5. The van der Waals surface area contributed by atoms with E-state index in [9.17, 15) is 38.7 Å². The fourth-order valence-corrected chi connectivity index (χ4v) is 8.55. The molecule has 1 unspecified atom stereocenters. The molecule has 5 aromatic carbocycles. The van der Waals surface area contributed by atoms with Gasteiger partial charge < -0.3 is 31.3 Å². The predicted octanol–water partition coefficient (Wildman–Crippen LogP) is 5.71. The van der Waals surface area contributed by atoms with E-state index in [1.165, 1.54) is 4.90 Å². The smallest absolute Gasteiger partial charge is 0.308 e. The molecule has 3 aliphatic heterocycles. The summed E-state index contributed by atoms with van der Waals surface area (Å²) in [5.41, 5.74) is 5.54. The quantitative estimate of drug-likeness (QED) is 0.110. The third kappa shape index (κ3) is 13.1. The van der Waals surface area contributed by atoms with Crippen LogP contribution in [0.5, 0.6) is 0 Å². The number of rotatable bonds is 10. The fraction of sp³-hybridized carbons (Fsp3) is 0.302. The fourth-order valence-electron chi connectivity index (χ4n) is 8.55. The number of Topliss-reactive ketones (excluding diaryl/α,β-unsaturated/α-hetero) is 1. The number of carbonyl (C=O) groups excluding carboxylic acids is 6. The number of hydrogen-bond donors (Lipinski definition) is 5. The molecule has 13 nitrogen and oxygen atoms in total. The minimum Gasteiger partial charge on any atom is -0.481 e. The molecule has 0 aromatic heterocycles. The van der Waals surface area contributed by atoms with Crippen LogP contribution in [0, 0.1) is 11.8 Å². The Labute approximate surface area is 384 Å². The Morgan fingerprint density at radius 2 is 1.12 bits per heavy atom. The van der Waals surface area contributed by atoms with Gasteiger partial charge in [-0.25, -0.2) is 0 Å². The Morgan fingerprint density at radius 3 is 1.77 bits per heavy atom. The highest BCUT2D eigenvalue weighted by Gasteiger charge is 2.37. The number of aliphatic carboxylic acids is 1. The third-order valence-electron chi connectivity index (χ3n) is 12.3. The van der Waals surface area contributed by atoms with E-state index in [1.54, 1.807) is 24.3 Å². The van der Waals surface area contributed by atoms with Gasteiger partial charge in [-0.05, 0) is 77.6 Å². The van der Waals surface area contributed by atoms with Crippen molar-refractivity contribution in [2.75, 3.05) is 18.4 Å². The molecule has 3 heterocycles. The maximum atomic E-state index is 14.8. The summed E-state index contributed by atoms with van der Waals surface area (Å²) >= 11 is 0. The van der Waals surface area contributed by atoms with E-state index in [0.717, 1.165) is 27.8 Å². The van der Waals surface area contributed by atoms with Crippen molar-refractivity contribution in [1.29, 1.82) is 0 Å². The number of ketones is 1. The van der Waals surface area contributed by atoms with Crippen LogP contribution in [0.15, 0.2) is 140 Å². The number of aryl methyl sites for hydroxylation is 1. The molecule has 8 rings (SSSR count).